The van der Waals surface area contributed by atoms with Crippen LogP contribution in [0.1, 0.15) is 6.42 Å². The van der Waals surface area contributed by atoms with E-state index in [-0.39, 0.29) is 23.8 Å². The van der Waals surface area contributed by atoms with Crippen molar-refractivity contribution in [2.75, 3.05) is 44.8 Å². The summed E-state index contributed by atoms with van der Waals surface area (Å²) in [5, 5.41) is 9.82. The smallest absolute Gasteiger partial charge is 0.241 e. The zero-order chi connectivity index (χ0) is 24.8. The number of anilines is 1. The van der Waals surface area contributed by atoms with Crippen molar-refractivity contribution in [3.8, 4) is 5.75 Å². The van der Waals surface area contributed by atoms with Crippen LogP contribution in [-0.4, -0.2) is 82.5 Å². The molecule has 2 aromatic carbocycles. The van der Waals surface area contributed by atoms with Gasteiger partial charge in [-0.25, -0.2) is 13.1 Å². The molecule has 10 heteroatoms. The van der Waals surface area contributed by atoms with Crippen molar-refractivity contribution >= 4 is 21.6 Å². The second kappa shape index (κ2) is 11.2. The number of aliphatic hydroxyl groups is 1. The van der Waals surface area contributed by atoms with Gasteiger partial charge < -0.3 is 24.4 Å². The van der Waals surface area contributed by atoms with Crippen molar-refractivity contribution in [1.29, 1.82) is 0 Å². The summed E-state index contributed by atoms with van der Waals surface area (Å²) in [7, 11) is -2.34. The first kappa shape index (κ1) is 25.2. The van der Waals surface area contributed by atoms with Crippen LogP contribution in [0.4, 0.5) is 5.69 Å². The van der Waals surface area contributed by atoms with Gasteiger partial charge in [0, 0.05) is 31.9 Å². The molecular weight excluding hydrogens is 470 g/mol. The van der Waals surface area contributed by atoms with Crippen molar-refractivity contribution in [2.45, 2.75) is 29.6 Å². The number of sulfonamides is 1. The Morgan fingerprint density at radius 1 is 1.06 bits per heavy atom. The van der Waals surface area contributed by atoms with Gasteiger partial charge in [-0.05, 0) is 36.4 Å². The number of carbonyl (C=O) groups is 1. The maximum atomic E-state index is 12.9. The average Bonchev–Trinajstić information content (AvgIpc) is 2.90. The molecule has 0 saturated carbocycles. The molecule has 0 radical (unpaired) electrons. The molecule has 4 rings (SSSR count). The summed E-state index contributed by atoms with van der Waals surface area (Å²) in [5.41, 5.74) is 1.15. The quantitative estimate of drug-likeness (QED) is 0.527. The SMILES string of the molecule is COc1ccc(S(=O)(=O)N[C@@H]2C=C[C@H](CC(=O)N3CCN(c4ccccc4)CC3)O[C@H]2CO)cc1. The Morgan fingerprint density at radius 2 is 1.74 bits per heavy atom. The fourth-order valence-corrected chi connectivity index (χ4v) is 5.49. The molecule has 0 unspecified atom stereocenters. The van der Waals surface area contributed by atoms with Gasteiger partial charge in [0.25, 0.3) is 0 Å². The number of benzene rings is 2. The van der Waals surface area contributed by atoms with Crippen LogP contribution in [0, 0.1) is 0 Å². The minimum Gasteiger partial charge on any atom is -0.497 e. The maximum Gasteiger partial charge on any atom is 0.241 e. The number of hydrogen-bond donors (Lipinski definition) is 2. The summed E-state index contributed by atoms with van der Waals surface area (Å²) in [6.07, 6.45) is 2.13. The summed E-state index contributed by atoms with van der Waals surface area (Å²) in [5.74, 6) is 0.522. The second-order valence-electron chi connectivity index (χ2n) is 8.51. The van der Waals surface area contributed by atoms with Crippen LogP contribution < -0.4 is 14.4 Å². The number of hydrogen-bond acceptors (Lipinski definition) is 7. The first-order valence-electron chi connectivity index (χ1n) is 11.6. The zero-order valence-corrected chi connectivity index (χ0v) is 20.4. The van der Waals surface area contributed by atoms with Gasteiger partial charge in [0.1, 0.15) is 11.9 Å². The van der Waals surface area contributed by atoms with Crippen molar-refractivity contribution in [3.63, 3.8) is 0 Å². The number of nitrogens with zero attached hydrogens (tertiary/aromatic N) is 2. The van der Waals surface area contributed by atoms with Crippen molar-refractivity contribution < 1.29 is 27.8 Å². The van der Waals surface area contributed by atoms with E-state index in [1.54, 1.807) is 24.3 Å². The third-order valence-corrected chi connectivity index (χ3v) is 7.73. The van der Waals surface area contributed by atoms with Gasteiger partial charge in [0.2, 0.25) is 15.9 Å². The number of methoxy groups -OCH3 is 1. The molecule has 2 aliphatic heterocycles. The molecule has 1 amide bonds. The Labute approximate surface area is 206 Å². The largest absolute Gasteiger partial charge is 0.497 e. The van der Waals surface area contributed by atoms with Crippen LogP contribution >= 0.6 is 0 Å². The number of ether oxygens (including phenoxy) is 2. The highest BCUT2D eigenvalue weighted by Crippen LogP contribution is 2.21. The molecule has 9 nitrogen and oxygen atoms in total. The lowest BCUT2D eigenvalue weighted by Gasteiger charge is -2.37. The number of amides is 1. The highest BCUT2D eigenvalue weighted by molar-refractivity contribution is 7.89. The summed E-state index contributed by atoms with van der Waals surface area (Å²) in [6.45, 7) is 2.37. The molecule has 0 aliphatic carbocycles. The second-order valence-corrected chi connectivity index (χ2v) is 10.2. The van der Waals surface area contributed by atoms with Gasteiger partial charge in [-0.15, -0.1) is 0 Å². The molecular formula is C25H31N3O6S. The minimum atomic E-state index is -3.84. The molecule has 3 atom stereocenters. The summed E-state index contributed by atoms with van der Waals surface area (Å²) in [4.78, 5) is 17.0. The Hall–Kier alpha value is -2.92. The zero-order valence-electron chi connectivity index (χ0n) is 19.6. The highest BCUT2D eigenvalue weighted by atomic mass is 32.2. The van der Waals surface area contributed by atoms with E-state index in [1.807, 2.05) is 23.1 Å². The van der Waals surface area contributed by atoms with E-state index in [9.17, 15) is 18.3 Å². The first-order chi connectivity index (χ1) is 16.9. The molecule has 188 valence electrons. The van der Waals surface area contributed by atoms with Gasteiger partial charge >= 0.3 is 0 Å². The number of para-hydroxylation sites is 1. The van der Waals surface area contributed by atoms with E-state index < -0.39 is 28.3 Å². The maximum absolute atomic E-state index is 12.9. The van der Waals surface area contributed by atoms with Gasteiger partial charge in [-0.3, -0.25) is 4.79 Å². The van der Waals surface area contributed by atoms with E-state index in [4.69, 9.17) is 9.47 Å². The Bertz CT molecular complexity index is 1120. The molecule has 35 heavy (non-hydrogen) atoms. The molecule has 2 aromatic rings. The average molecular weight is 502 g/mol. The molecule has 1 fully saturated rings. The van der Waals surface area contributed by atoms with Crippen molar-refractivity contribution in [1.82, 2.24) is 9.62 Å². The van der Waals surface area contributed by atoms with Crippen LogP contribution in [0.5, 0.6) is 5.75 Å². The van der Waals surface area contributed by atoms with Crippen LogP contribution in [-0.2, 0) is 19.6 Å². The number of nitrogens with one attached hydrogen (secondary N) is 1. The highest BCUT2D eigenvalue weighted by Gasteiger charge is 2.32. The third-order valence-electron chi connectivity index (χ3n) is 6.25. The molecule has 2 aliphatic rings. The summed E-state index contributed by atoms with van der Waals surface area (Å²) < 4.78 is 39.0. The number of rotatable bonds is 8. The lowest BCUT2D eigenvalue weighted by Crippen LogP contribution is -2.51. The van der Waals surface area contributed by atoms with E-state index >= 15 is 0 Å². The minimum absolute atomic E-state index is 0.0266. The summed E-state index contributed by atoms with van der Waals surface area (Å²) in [6, 6.07) is 15.4. The van der Waals surface area contributed by atoms with Crippen LogP contribution in [0.15, 0.2) is 71.6 Å². The van der Waals surface area contributed by atoms with Gasteiger partial charge in [-0.2, -0.15) is 0 Å². The predicted octanol–water partition coefficient (Wildman–Crippen LogP) is 1.40. The van der Waals surface area contributed by atoms with E-state index in [1.165, 1.54) is 19.2 Å². The molecule has 0 bridgehead atoms. The van der Waals surface area contributed by atoms with E-state index in [0.717, 1.165) is 18.8 Å². The number of carbonyl (C=O) groups excluding carboxylic acids is 1. The summed E-state index contributed by atoms with van der Waals surface area (Å²) >= 11 is 0. The number of piperazine rings is 1. The normalized spacial score (nSPS) is 22.7. The van der Waals surface area contributed by atoms with Gasteiger partial charge in [0.15, 0.2) is 0 Å². The van der Waals surface area contributed by atoms with Crippen LogP contribution in [0.2, 0.25) is 0 Å². The van der Waals surface area contributed by atoms with E-state index in [2.05, 4.69) is 21.8 Å². The molecule has 0 spiro atoms. The monoisotopic (exact) mass is 501 g/mol. The lowest BCUT2D eigenvalue weighted by molar-refractivity contribution is -0.135. The van der Waals surface area contributed by atoms with Crippen LogP contribution in [0.25, 0.3) is 0 Å². The predicted molar refractivity (Wildman–Crippen MR) is 132 cm³/mol. The molecule has 0 aromatic heterocycles. The Morgan fingerprint density at radius 3 is 2.37 bits per heavy atom. The topological polar surface area (TPSA) is 108 Å². The molecule has 2 N–H and O–H groups in total. The van der Waals surface area contributed by atoms with E-state index in [0.29, 0.717) is 18.8 Å². The fourth-order valence-electron chi connectivity index (χ4n) is 4.27. The van der Waals surface area contributed by atoms with Gasteiger partial charge in [0.05, 0.1) is 37.2 Å². The first-order valence-corrected chi connectivity index (χ1v) is 13.1. The molecule has 1 saturated heterocycles. The Balaban J connectivity index is 1.32. The Kier molecular flexibility index (Phi) is 8.07. The van der Waals surface area contributed by atoms with Gasteiger partial charge in [-0.1, -0.05) is 30.4 Å². The van der Waals surface area contributed by atoms with Crippen LogP contribution in [0.3, 0.4) is 0 Å². The van der Waals surface area contributed by atoms with Crippen molar-refractivity contribution in [2.24, 2.45) is 0 Å². The molecule has 2 heterocycles. The standard InChI is InChI=1S/C25H31N3O6S/c1-33-20-7-10-22(11-8-20)35(31,32)26-23-12-9-21(34-24(23)18-29)17-25(30)28-15-13-27(14-16-28)19-5-3-2-4-6-19/h2-12,21,23-24,26,29H,13-18H2,1H3/t21-,23-,24+/m1/s1. The lowest BCUT2D eigenvalue weighted by atomic mass is 10.1. The van der Waals surface area contributed by atoms with Crippen molar-refractivity contribution in [3.05, 3.63) is 66.7 Å². The fraction of sp³-hybridized carbons (Fsp3) is 0.400. The number of aliphatic hydroxyl groups excluding tert-OH is 1. The third kappa shape index (κ3) is 6.21.